The van der Waals surface area contributed by atoms with Crippen LogP contribution in [0.25, 0.3) is 0 Å². The molecule has 0 aromatic rings. The standard InChI is InChI=1S/C5H10F3NS/c1-2-10-4(3-9)5(6,7)8/h4H,2-3,9H2,1H3. The third-order valence-electron chi connectivity index (χ3n) is 0.947. The molecule has 5 heteroatoms. The fraction of sp³-hybridized carbons (Fsp3) is 1.00. The van der Waals surface area contributed by atoms with Crippen molar-refractivity contribution in [2.24, 2.45) is 5.73 Å². The number of alkyl halides is 3. The molecule has 2 N–H and O–H groups in total. The fourth-order valence-corrected chi connectivity index (χ4v) is 1.22. The topological polar surface area (TPSA) is 26.0 Å². The maximum atomic E-state index is 11.8. The van der Waals surface area contributed by atoms with Crippen LogP contribution in [0.2, 0.25) is 0 Å². The van der Waals surface area contributed by atoms with E-state index < -0.39 is 11.4 Å². The highest BCUT2D eigenvalue weighted by atomic mass is 32.2. The molecule has 0 rings (SSSR count). The van der Waals surface area contributed by atoms with E-state index in [1.807, 2.05) is 0 Å². The van der Waals surface area contributed by atoms with E-state index in [4.69, 9.17) is 5.73 Å². The number of halogens is 3. The zero-order valence-electron chi connectivity index (χ0n) is 5.61. The van der Waals surface area contributed by atoms with Gasteiger partial charge in [-0.25, -0.2) is 0 Å². The van der Waals surface area contributed by atoms with Crippen LogP contribution in [0.5, 0.6) is 0 Å². The monoisotopic (exact) mass is 173 g/mol. The van der Waals surface area contributed by atoms with E-state index in [-0.39, 0.29) is 6.54 Å². The fourth-order valence-electron chi connectivity index (χ4n) is 0.497. The van der Waals surface area contributed by atoms with Gasteiger partial charge in [-0.05, 0) is 5.75 Å². The third kappa shape index (κ3) is 3.31. The van der Waals surface area contributed by atoms with Crippen molar-refractivity contribution in [2.75, 3.05) is 12.3 Å². The van der Waals surface area contributed by atoms with Gasteiger partial charge >= 0.3 is 6.18 Å². The van der Waals surface area contributed by atoms with Crippen molar-refractivity contribution < 1.29 is 13.2 Å². The minimum Gasteiger partial charge on any atom is -0.329 e. The Hall–Kier alpha value is 0.100. The zero-order chi connectivity index (χ0) is 8.20. The van der Waals surface area contributed by atoms with Crippen molar-refractivity contribution in [2.45, 2.75) is 18.3 Å². The van der Waals surface area contributed by atoms with Crippen molar-refractivity contribution in [1.82, 2.24) is 0 Å². The van der Waals surface area contributed by atoms with Crippen LogP contribution in [0.1, 0.15) is 6.92 Å². The summed E-state index contributed by atoms with van der Waals surface area (Å²) in [5, 5.41) is -1.39. The highest BCUT2D eigenvalue weighted by Crippen LogP contribution is 2.28. The molecule has 0 amide bonds. The molecule has 0 aliphatic heterocycles. The van der Waals surface area contributed by atoms with Crippen molar-refractivity contribution in [3.63, 3.8) is 0 Å². The first-order chi connectivity index (χ1) is 4.52. The molecule has 62 valence electrons. The summed E-state index contributed by atoms with van der Waals surface area (Å²) in [6, 6.07) is 0. The molecule has 0 heterocycles. The lowest BCUT2D eigenvalue weighted by Crippen LogP contribution is -2.33. The molecule has 0 aromatic carbocycles. The second-order valence-corrected chi connectivity index (χ2v) is 3.20. The molecule has 1 unspecified atom stereocenters. The summed E-state index contributed by atoms with van der Waals surface area (Å²) in [7, 11) is 0. The maximum Gasteiger partial charge on any atom is 0.401 e. The Labute approximate surface area is 62.2 Å². The second-order valence-electron chi connectivity index (χ2n) is 1.72. The van der Waals surface area contributed by atoms with E-state index in [9.17, 15) is 13.2 Å². The van der Waals surface area contributed by atoms with Crippen LogP contribution in [0.3, 0.4) is 0 Å². The normalized spacial score (nSPS) is 15.3. The van der Waals surface area contributed by atoms with Crippen LogP contribution < -0.4 is 5.73 Å². The van der Waals surface area contributed by atoms with E-state index in [2.05, 4.69) is 0 Å². The molecule has 0 fully saturated rings. The van der Waals surface area contributed by atoms with E-state index >= 15 is 0 Å². The lowest BCUT2D eigenvalue weighted by atomic mass is 10.4. The molecule has 10 heavy (non-hydrogen) atoms. The SMILES string of the molecule is CCSC(CN)C(F)(F)F. The van der Waals surface area contributed by atoms with Crippen molar-refractivity contribution >= 4 is 11.8 Å². The summed E-state index contributed by atoms with van der Waals surface area (Å²) in [6.45, 7) is 1.35. The van der Waals surface area contributed by atoms with E-state index in [1.165, 1.54) is 0 Å². The smallest absolute Gasteiger partial charge is 0.329 e. The first kappa shape index (κ1) is 10.1. The third-order valence-corrected chi connectivity index (χ3v) is 2.14. The van der Waals surface area contributed by atoms with Crippen LogP contribution in [-0.4, -0.2) is 23.7 Å². The first-order valence-corrected chi connectivity index (χ1v) is 3.95. The van der Waals surface area contributed by atoms with E-state index in [1.54, 1.807) is 6.92 Å². The Balaban J connectivity index is 3.81. The van der Waals surface area contributed by atoms with Gasteiger partial charge in [0.25, 0.3) is 0 Å². The Morgan fingerprint density at radius 3 is 2.10 bits per heavy atom. The average molecular weight is 173 g/mol. The highest BCUT2D eigenvalue weighted by molar-refractivity contribution is 7.99. The van der Waals surface area contributed by atoms with Gasteiger partial charge in [0.05, 0.1) is 0 Å². The molecule has 1 nitrogen and oxygen atoms in total. The molecule has 0 radical (unpaired) electrons. The number of rotatable bonds is 3. The predicted octanol–water partition coefficient (Wildman–Crippen LogP) is 1.63. The number of thioether (sulfide) groups is 1. The zero-order valence-corrected chi connectivity index (χ0v) is 6.43. The summed E-state index contributed by atoms with van der Waals surface area (Å²) in [4.78, 5) is 0. The Morgan fingerprint density at radius 2 is 2.00 bits per heavy atom. The minimum absolute atomic E-state index is 0.331. The van der Waals surface area contributed by atoms with Gasteiger partial charge in [0.1, 0.15) is 5.25 Å². The minimum atomic E-state index is -4.14. The lowest BCUT2D eigenvalue weighted by molar-refractivity contribution is -0.126. The van der Waals surface area contributed by atoms with Gasteiger partial charge in [-0.3, -0.25) is 0 Å². The van der Waals surface area contributed by atoms with Crippen LogP contribution in [0.15, 0.2) is 0 Å². The molecule has 0 saturated heterocycles. The summed E-state index contributed by atoms with van der Waals surface area (Å²) < 4.78 is 35.4. The highest BCUT2D eigenvalue weighted by Gasteiger charge is 2.38. The second kappa shape index (κ2) is 4.08. The van der Waals surface area contributed by atoms with Crippen molar-refractivity contribution in [3.05, 3.63) is 0 Å². The van der Waals surface area contributed by atoms with Gasteiger partial charge in [0.15, 0.2) is 0 Å². The Morgan fingerprint density at radius 1 is 1.50 bits per heavy atom. The molecule has 0 spiro atoms. The lowest BCUT2D eigenvalue weighted by Gasteiger charge is -2.16. The van der Waals surface area contributed by atoms with Crippen molar-refractivity contribution in [3.8, 4) is 0 Å². The summed E-state index contributed by atoms with van der Waals surface area (Å²) in [5.41, 5.74) is 4.90. The first-order valence-electron chi connectivity index (χ1n) is 2.90. The molecular formula is C5H10F3NS. The quantitative estimate of drug-likeness (QED) is 0.702. The molecule has 0 aliphatic rings. The van der Waals surface area contributed by atoms with E-state index in [0.717, 1.165) is 11.8 Å². The molecule has 1 atom stereocenters. The number of hydrogen-bond donors (Lipinski definition) is 1. The number of hydrogen-bond acceptors (Lipinski definition) is 2. The van der Waals surface area contributed by atoms with Gasteiger partial charge in [-0.2, -0.15) is 13.2 Å². The molecule has 0 aromatic heterocycles. The van der Waals surface area contributed by atoms with Gasteiger partial charge in [0.2, 0.25) is 0 Å². The maximum absolute atomic E-state index is 11.8. The van der Waals surface area contributed by atoms with Crippen LogP contribution in [0, 0.1) is 0 Å². The Kier molecular flexibility index (Phi) is 4.12. The number of nitrogens with two attached hydrogens (primary N) is 1. The molecule has 0 saturated carbocycles. The van der Waals surface area contributed by atoms with Crippen LogP contribution in [-0.2, 0) is 0 Å². The summed E-state index contributed by atoms with van der Waals surface area (Å²) in [6.07, 6.45) is -4.14. The van der Waals surface area contributed by atoms with Gasteiger partial charge in [0, 0.05) is 6.54 Å². The summed E-state index contributed by atoms with van der Waals surface area (Å²) >= 11 is 0.833. The van der Waals surface area contributed by atoms with E-state index in [0.29, 0.717) is 5.75 Å². The average Bonchev–Trinajstić information content (AvgIpc) is 1.80. The van der Waals surface area contributed by atoms with Gasteiger partial charge in [-0.15, -0.1) is 11.8 Å². The largest absolute Gasteiger partial charge is 0.401 e. The van der Waals surface area contributed by atoms with Gasteiger partial charge in [-0.1, -0.05) is 6.92 Å². The molecule has 0 aliphatic carbocycles. The molecule has 0 bridgehead atoms. The van der Waals surface area contributed by atoms with Crippen LogP contribution >= 0.6 is 11.8 Å². The summed E-state index contributed by atoms with van der Waals surface area (Å²) in [5.74, 6) is 0.446. The predicted molar refractivity (Wildman–Crippen MR) is 37.0 cm³/mol. The van der Waals surface area contributed by atoms with Crippen molar-refractivity contribution in [1.29, 1.82) is 0 Å². The van der Waals surface area contributed by atoms with Gasteiger partial charge < -0.3 is 5.73 Å². The van der Waals surface area contributed by atoms with Crippen LogP contribution in [0.4, 0.5) is 13.2 Å². The Bertz CT molecular complexity index is 93.4. The molecular weight excluding hydrogens is 163 g/mol.